The second-order valence-corrected chi connectivity index (χ2v) is 5.85. The highest BCUT2D eigenvalue weighted by Gasteiger charge is 2.24. The van der Waals surface area contributed by atoms with Crippen molar-refractivity contribution in [2.75, 3.05) is 0 Å². The summed E-state index contributed by atoms with van der Waals surface area (Å²) in [4.78, 5) is 12.0. The van der Waals surface area contributed by atoms with E-state index in [2.05, 4.69) is 21.2 Å². The fourth-order valence-electron chi connectivity index (χ4n) is 2.20. The second-order valence-electron chi connectivity index (χ2n) is 4.93. The lowest BCUT2D eigenvalue weighted by molar-refractivity contribution is -0.126. The van der Waals surface area contributed by atoms with Gasteiger partial charge in [0.1, 0.15) is 0 Å². The highest BCUT2D eigenvalue weighted by Crippen LogP contribution is 2.21. The van der Waals surface area contributed by atoms with E-state index < -0.39 is 6.10 Å². The van der Waals surface area contributed by atoms with Crippen molar-refractivity contribution in [2.45, 2.75) is 31.9 Å². The van der Waals surface area contributed by atoms with Crippen LogP contribution in [0.5, 0.6) is 0 Å². The molecule has 19 heavy (non-hydrogen) atoms. The quantitative estimate of drug-likeness (QED) is 0.837. The molecule has 4 heteroatoms. The van der Waals surface area contributed by atoms with Crippen molar-refractivity contribution in [1.29, 1.82) is 0 Å². The molecule has 0 aliphatic heterocycles. The molecular weight excluding hydrogens is 306 g/mol. The molecular formula is C15H18BrNO2. The highest BCUT2D eigenvalue weighted by atomic mass is 79.9. The van der Waals surface area contributed by atoms with Crippen molar-refractivity contribution < 1.29 is 9.90 Å². The molecule has 1 aromatic rings. The predicted molar refractivity (Wildman–Crippen MR) is 78.6 cm³/mol. The third-order valence-electron chi connectivity index (χ3n) is 3.43. The van der Waals surface area contributed by atoms with E-state index in [0.29, 0.717) is 0 Å². The summed E-state index contributed by atoms with van der Waals surface area (Å²) in [5, 5.41) is 13.1. The molecule has 0 bridgehead atoms. The maximum absolute atomic E-state index is 12.0. The van der Waals surface area contributed by atoms with Crippen LogP contribution in [-0.4, -0.2) is 17.1 Å². The van der Waals surface area contributed by atoms with Crippen LogP contribution in [0.25, 0.3) is 0 Å². The first-order valence-corrected chi connectivity index (χ1v) is 7.26. The van der Waals surface area contributed by atoms with E-state index in [-0.39, 0.29) is 17.9 Å². The number of hydrogen-bond donors (Lipinski definition) is 2. The van der Waals surface area contributed by atoms with Crippen LogP contribution in [0.3, 0.4) is 0 Å². The number of amides is 1. The monoisotopic (exact) mass is 323 g/mol. The van der Waals surface area contributed by atoms with Crippen LogP contribution in [0.15, 0.2) is 40.9 Å². The molecule has 0 saturated carbocycles. The van der Waals surface area contributed by atoms with Gasteiger partial charge in [0.15, 0.2) is 0 Å². The summed E-state index contributed by atoms with van der Waals surface area (Å²) in [6, 6.07) is 7.18. The molecule has 2 N–H and O–H groups in total. The van der Waals surface area contributed by atoms with Gasteiger partial charge < -0.3 is 10.4 Å². The Bertz CT molecular complexity index is 462. The molecule has 102 valence electrons. The van der Waals surface area contributed by atoms with Gasteiger partial charge in [-0.15, -0.1) is 0 Å². The number of hydrogen-bond acceptors (Lipinski definition) is 2. The lowest BCUT2D eigenvalue weighted by Gasteiger charge is -2.22. The molecule has 3 nitrogen and oxygen atoms in total. The zero-order chi connectivity index (χ0) is 13.8. The SMILES string of the molecule is CC(NC(=O)C1CC=CC1)C(O)c1ccc(Br)cc1. The van der Waals surface area contributed by atoms with Gasteiger partial charge >= 0.3 is 0 Å². The fraction of sp³-hybridized carbons (Fsp3) is 0.400. The number of benzene rings is 1. The van der Waals surface area contributed by atoms with E-state index in [9.17, 15) is 9.90 Å². The van der Waals surface area contributed by atoms with Crippen LogP contribution < -0.4 is 5.32 Å². The topological polar surface area (TPSA) is 49.3 Å². The second kappa shape index (κ2) is 6.35. The van der Waals surface area contributed by atoms with Crippen LogP contribution in [0.4, 0.5) is 0 Å². The summed E-state index contributed by atoms with van der Waals surface area (Å²) < 4.78 is 0.970. The number of halogens is 1. The molecule has 0 heterocycles. The first-order valence-electron chi connectivity index (χ1n) is 6.47. The standard InChI is InChI=1S/C15H18BrNO2/c1-10(17-15(19)12-4-2-3-5-12)14(18)11-6-8-13(16)9-7-11/h2-3,6-10,12,14,18H,4-5H2,1H3,(H,17,19). The zero-order valence-electron chi connectivity index (χ0n) is 10.8. The Hall–Kier alpha value is -1.13. The molecule has 0 spiro atoms. The molecule has 1 aliphatic carbocycles. The number of rotatable bonds is 4. The Balaban J connectivity index is 1.93. The zero-order valence-corrected chi connectivity index (χ0v) is 12.4. The van der Waals surface area contributed by atoms with Crippen LogP contribution in [0.2, 0.25) is 0 Å². The van der Waals surface area contributed by atoms with Crippen molar-refractivity contribution >= 4 is 21.8 Å². The Labute approximate surface area is 121 Å². The van der Waals surface area contributed by atoms with E-state index >= 15 is 0 Å². The van der Waals surface area contributed by atoms with Crippen LogP contribution >= 0.6 is 15.9 Å². The maximum atomic E-state index is 12.0. The Morgan fingerprint density at radius 2 is 1.89 bits per heavy atom. The van der Waals surface area contributed by atoms with Crippen molar-refractivity contribution in [2.24, 2.45) is 5.92 Å². The third-order valence-corrected chi connectivity index (χ3v) is 3.96. The first-order chi connectivity index (χ1) is 9.08. The van der Waals surface area contributed by atoms with Gasteiger partial charge in [0.2, 0.25) is 5.91 Å². The van der Waals surface area contributed by atoms with E-state index in [1.54, 1.807) is 0 Å². The van der Waals surface area contributed by atoms with Gasteiger partial charge in [0.05, 0.1) is 12.1 Å². The summed E-state index contributed by atoms with van der Waals surface area (Å²) in [6.07, 6.45) is 4.96. The van der Waals surface area contributed by atoms with Gasteiger partial charge in [-0.25, -0.2) is 0 Å². The number of allylic oxidation sites excluding steroid dienone is 2. The molecule has 1 amide bonds. The Morgan fingerprint density at radius 3 is 2.47 bits per heavy atom. The number of aliphatic hydroxyl groups is 1. The summed E-state index contributed by atoms with van der Waals surface area (Å²) >= 11 is 3.36. The maximum Gasteiger partial charge on any atom is 0.224 e. The molecule has 1 aliphatic rings. The van der Waals surface area contributed by atoms with Crippen molar-refractivity contribution in [1.82, 2.24) is 5.32 Å². The minimum atomic E-state index is -0.689. The number of aliphatic hydroxyl groups excluding tert-OH is 1. The van der Waals surface area contributed by atoms with Gasteiger partial charge in [-0.1, -0.05) is 40.2 Å². The molecule has 2 atom stereocenters. The van der Waals surface area contributed by atoms with Crippen molar-refractivity contribution in [3.05, 3.63) is 46.5 Å². The summed E-state index contributed by atoms with van der Waals surface area (Å²) in [6.45, 7) is 1.83. The van der Waals surface area contributed by atoms with Crippen LogP contribution in [0.1, 0.15) is 31.4 Å². The summed E-state index contributed by atoms with van der Waals surface area (Å²) in [7, 11) is 0. The van der Waals surface area contributed by atoms with Gasteiger partial charge in [0.25, 0.3) is 0 Å². The van der Waals surface area contributed by atoms with E-state index in [4.69, 9.17) is 0 Å². The molecule has 0 radical (unpaired) electrons. The summed E-state index contributed by atoms with van der Waals surface area (Å²) in [5.41, 5.74) is 0.806. The molecule has 2 rings (SSSR count). The van der Waals surface area contributed by atoms with E-state index in [1.807, 2.05) is 43.3 Å². The highest BCUT2D eigenvalue weighted by molar-refractivity contribution is 9.10. The first kappa shape index (κ1) is 14.3. The lowest BCUT2D eigenvalue weighted by atomic mass is 10.0. The van der Waals surface area contributed by atoms with Crippen LogP contribution in [0, 0.1) is 5.92 Å². The average molecular weight is 324 g/mol. The predicted octanol–water partition coefficient (Wildman–Crippen LogP) is 2.95. The molecule has 1 aromatic carbocycles. The number of carbonyl (C=O) groups excluding carboxylic acids is 1. The average Bonchev–Trinajstić information content (AvgIpc) is 2.92. The minimum Gasteiger partial charge on any atom is -0.386 e. The van der Waals surface area contributed by atoms with E-state index in [1.165, 1.54) is 0 Å². The fourth-order valence-corrected chi connectivity index (χ4v) is 2.47. The Kier molecular flexibility index (Phi) is 4.77. The Morgan fingerprint density at radius 1 is 1.32 bits per heavy atom. The van der Waals surface area contributed by atoms with E-state index in [0.717, 1.165) is 22.9 Å². The smallest absolute Gasteiger partial charge is 0.224 e. The normalized spacial score (nSPS) is 18.3. The number of nitrogens with one attached hydrogen (secondary N) is 1. The largest absolute Gasteiger partial charge is 0.386 e. The lowest BCUT2D eigenvalue weighted by Crippen LogP contribution is -2.40. The van der Waals surface area contributed by atoms with Gasteiger partial charge in [-0.2, -0.15) is 0 Å². The third kappa shape index (κ3) is 3.67. The molecule has 0 saturated heterocycles. The minimum absolute atomic E-state index is 0.0219. The van der Waals surface area contributed by atoms with Gasteiger partial charge in [-0.3, -0.25) is 4.79 Å². The molecule has 0 aromatic heterocycles. The van der Waals surface area contributed by atoms with Crippen molar-refractivity contribution in [3.63, 3.8) is 0 Å². The van der Waals surface area contributed by atoms with Crippen LogP contribution in [-0.2, 0) is 4.79 Å². The summed E-state index contributed by atoms with van der Waals surface area (Å²) in [5.74, 6) is 0.0493. The van der Waals surface area contributed by atoms with Gasteiger partial charge in [0, 0.05) is 10.4 Å². The number of carbonyl (C=O) groups is 1. The van der Waals surface area contributed by atoms with Crippen molar-refractivity contribution in [3.8, 4) is 0 Å². The molecule has 0 fully saturated rings. The molecule has 2 unspecified atom stereocenters. The van der Waals surface area contributed by atoms with Gasteiger partial charge in [-0.05, 0) is 37.5 Å².